The van der Waals surface area contributed by atoms with Gasteiger partial charge in [-0.15, -0.1) is 5.10 Å². The van der Waals surface area contributed by atoms with Crippen molar-refractivity contribution in [2.45, 2.75) is 31.4 Å². The summed E-state index contributed by atoms with van der Waals surface area (Å²) in [5, 5.41) is 15.1. The molecular weight excluding hydrogens is 254 g/mol. The summed E-state index contributed by atoms with van der Waals surface area (Å²) in [7, 11) is 0. The minimum absolute atomic E-state index is 0.718. The summed E-state index contributed by atoms with van der Waals surface area (Å²) < 4.78 is 0. The standard InChI is InChI=1S/C15H19N3S/c1-11-13-7-2-3-8-14(13)15(18-17-11)16-10-12-6-4-5-9-19-12/h2-3,7-8,12H,4-6,9-10H2,1H3,(H,16,18). The van der Waals surface area contributed by atoms with Gasteiger partial charge in [-0.3, -0.25) is 0 Å². The van der Waals surface area contributed by atoms with E-state index in [0.717, 1.165) is 23.3 Å². The van der Waals surface area contributed by atoms with E-state index >= 15 is 0 Å². The third-order valence-corrected chi connectivity index (χ3v) is 5.04. The van der Waals surface area contributed by atoms with Crippen molar-refractivity contribution in [3.8, 4) is 0 Å². The number of nitrogens with zero attached hydrogens (tertiary/aromatic N) is 2. The van der Waals surface area contributed by atoms with Gasteiger partial charge in [0.05, 0.1) is 5.69 Å². The number of aromatic nitrogens is 2. The van der Waals surface area contributed by atoms with Crippen LogP contribution in [0.3, 0.4) is 0 Å². The van der Waals surface area contributed by atoms with Gasteiger partial charge < -0.3 is 5.32 Å². The van der Waals surface area contributed by atoms with Crippen molar-refractivity contribution in [2.75, 3.05) is 17.6 Å². The van der Waals surface area contributed by atoms with Gasteiger partial charge in [-0.2, -0.15) is 16.9 Å². The quantitative estimate of drug-likeness (QED) is 0.926. The number of rotatable bonds is 3. The van der Waals surface area contributed by atoms with Crippen LogP contribution in [-0.4, -0.2) is 27.7 Å². The van der Waals surface area contributed by atoms with Crippen molar-refractivity contribution in [1.29, 1.82) is 0 Å². The highest BCUT2D eigenvalue weighted by molar-refractivity contribution is 7.99. The molecule has 1 aliphatic heterocycles. The molecular formula is C15H19N3S. The molecule has 0 spiro atoms. The normalized spacial score (nSPS) is 19.5. The number of thioether (sulfide) groups is 1. The Kier molecular flexibility index (Phi) is 3.87. The van der Waals surface area contributed by atoms with Crippen LogP contribution >= 0.6 is 11.8 Å². The maximum absolute atomic E-state index is 4.32. The second-order valence-electron chi connectivity index (χ2n) is 5.05. The third-order valence-electron chi connectivity index (χ3n) is 3.64. The van der Waals surface area contributed by atoms with Crippen molar-refractivity contribution < 1.29 is 0 Å². The van der Waals surface area contributed by atoms with E-state index in [1.165, 1.54) is 35.8 Å². The molecule has 1 aromatic heterocycles. The minimum atomic E-state index is 0.718. The molecule has 0 amide bonds. The first-order chi connectivity index (χ1) is 9.34. The van der Waals surface area contributed by atoms with Gasteiger partial charge in [0.1, 0.15) is 0 Å². The lowest BCUT2D eigenvalue weighted by Gasteiger charge is -2.21. The van der Waals surface area contributed by atoms with Crippen molar-refractivity contribution in [1.82, 2.24) is 10.2 Å². The Morgan fingerprint density at radius 1 is 1.21 bits per heavy atom. The zero-order valence-electron chi connectivity index (χ0n) is 11.2. The average Bonchev–Trinajstić information content (AvgIpc) is 2.48. The average molecular weight is 273 g/mol. The van der Waals surface area contributed by atoms with Crippen LogP contribution in [0, 0.1) is 6.92 Å². The van der Waals surface area contributed by atoms with E-state index in [4.69, 9.17) is 0 Å². The first-order valence-corrected chi connectivity index (χ1v) is 7.97. The van der Waals surface area contributed by atoms with E-state index in [1.807, 2.05) is 6.92 Å². The van der Waals surface area contributed by atoms with Crippen LogP contribution in [0.1, 0.15) is 25.0 Å². The fourth-order valence-corrected chi connectivity index (χ4v) is 3.79. The molecule has 1 aromatic carbocycles. The lowest BCUT2D eigenvalue weighted by atomic mass is 10.1. The SMILES string of the molecule is Cc1nnc(NCC2CCCCS2)c2ccccc12. The highest BCUT2D eigenvalue weighted by atomic mass is 32.2. The van der Waals surface area contributed by atoms with Crippen LogP contribution in [0.4, 0.5) is 5.82 Å². The summed E-state index contributed by atoms with van der Waals surface area (Å²) >= 11 is 2.08. The Labute approximate surface area is 118 Å². The molecule has 0 saturated carbocycles. The molecule has 0 aliphatic carbocycles. The number of anilines is 1. The second-order valence-corrected chi connectivity index (χ2v) is 6.46. The molecule has 1 fully saturated rings. The molecule has 1 atom stereocenters. The van der Waals surface area contributed by atoms with Gasteiger partial charge in [0.2, 0.25) is 0 Å². The molecule has 3 nitrogen and oxygen atoms in total. The monoisotopic (exact) mass is 273 g/mol. The highest BCUT2D eigenvalue weighted by Gasteiger charge is 2.14. The van der Waals surface area contributed by atoms with Crippen LogP contribution in [0.15, 0.2) is 24.3 Å². The Morgan fingerprint density at radius 2 is 2.05 bits per heavy atom. The van der Waals surface area contributed by atoms with Crippen LogP contribution in [0.2, 0.25) is 0 Å². The van der Waals surface area contributed by atoms with Crippen LogP contribution < -0.4 is 5.32 Å². The summed E-state index contributed by atoms with van der Waals surface area (Å²) in [5.41, 5.74) is 0.994. The number of hydrogen-bond donors (Lipinski definition) is 1. The largest absolute Gasteiger partial charge is 0.367 e. The summed E-state index contributed by atoms with van der Waals surface area (Å²) in [6.07, 6.45) is 4.04. The van der Waals surface area contributed by atoms with Gasteiger partial charge in [0, 0.05) is 22.6 Å². The smallest absolute Gasteiger partial charge is 0.156 e. The fraction of sp³-hybridized carbons (Fsp3) is 0.467. The molecule has 0 bridgehead atoms. The Bertz CT molecular complexity index is 564. The van der Waals surface area contributed by atoms with E-state index in [0.29, 0.717) is 0 Å². The van der Waals surface area contributed by atoms with E-state index in [9.17, 15) is 0 Å². The van der Waals surface area contributed by atoms with E-state index in [1.54, 1.807) is 0 Å². The number of benzene rings is 1. The third kappa shape index (κ3) is 2.84. The predicted molar refractivity (Wildman–Crippen MR) is 82.9 cm³/mol. The Balaban J connectivity index is 1.79. The maximum atomic E-state index is 4.32. The molecule has 1 N–H and O–H groups in total. The molecule has 4 heteroatoms. The lowest BCUT2D eigenvalue weighted by Crippen LogP contribution is -2.20. The first-order valence-electron chi connectivity index (χ1n) is 6.92. The highest BCUT2D eigenvalue weighted by Crippen LogP contribution is 2.27. The van der Waals surface area contributed by atoms with E-state index < -0.39 is 0 Å². The Morgan fingerprint density at radius 3 is 2.84 bits per heavy atom. The molecule has 19 heavy (non-hydrogen) atoms. The fourth-order valence-electron chi connectivity index (χ4n) is 2.55. The predicted octanol–water partition coefficient (Wildman–Crippen LogP) is 3.64. The lowest BCUT2D eigenvalue weighted by molar-refractivity contribution is 0.676. The van der Waals surface area contributed by atoms with Crippen LogP contribution in [0.25, 0.3) is 10.8 Å². The number of nitrogens with one attached hydrogen (secondary N) is 1. The van der Waals surface area contributed by atoms with Gasteiger partial charge in [0.15, 0.2) is 5.82 Å². The van der Waals surface area contributed by atoms with Gasteiger partial charge >= 0.3 is 0 Å². The van der Waals surface area contributed by atoms with Crippen molar-refractivity contribution in [3.63, 3.8) is 0 Å². The molecule has 2 heterocycles. The zero-order valence-corrected chi connectivity index (χ0v) is 12.0. The molecule has 3 rings (SSSR count). The summed E-state index contributed by atoms with van der Waals surface area (Å²) in [4.78, 5) is 0. The number of hydrogen-bond acceptors (Lipinski definition) is 4. The molecule has 1 aliphatic rings. The molecule has 1 saturated heterocycles. The molecule has 0 radical (unpaired) electrons. The number of fused-ring (bicyclic) bond motifs is 1. The first kappa shape index (κ1) is 12.7. The van der Waals surface area contributed by atoms with E-state index in [-0.39, 0.29) is 0 Å². The van der Waals surface area contributed by atoms with E-state index in [2.05, 4.69) is 51.5 Å². The van der Waals surface area contributed by atoms with Crippen molar-refractivity contribution in [3.05, 3.63) is 30.0 Å². The molecule has 1 unspecified atom stereocenters. The Hall–Kier alpha value is -1.29. The van der Waals surface area contributed by atoms with Gasteiger partial charge in [-0.25, -0.2) is 0 Å². The van der Waals surface area contributed by atoms with Gasteiger partial charge in [0.25, 0.3) is 0 Å². The van der Waals surface area contributed by atoms with Gasteiger partial charge in [-0.05, 0) is 25.5 Å². The minimum Gasteiger partial charge on any atom is -0.367 e. The summed E-state index contributed by atoms with van der Waals surface area (Å²) in [6, 6.07) is 8.34. The van der Waals surface area contributed by atoms with Crippen molar-refractivity contribution >= 4 is 28.4 Å². The summed E-state index contributed by atoms with van der Waals surface area (Å²) in [6.45, 7) is 3.00. The van der Waals surface area contributed by atoms with Crippen LogP contribution in [-0.2, 0) is 0 Å². The zero-order chi connectivity index (χ0) is 13.1. The summed E-state index contributed by atoms with van der Waals surface area (Å²) in [5.74, 6) is 2.22. The maximum Gasteiger partial charge on any atom is 0.156 e. The molecule has 100 valence electrons. The topological polar surface area (TPSA) is 37.8 Å². The van der Waals surface area contributed by atoms with Crippen LogP contribution in [0.5, 0.6) is 0 Å². The van der Waals surface area contributed by atoms with Crippen molar-refractivity contribution in [2.24, 2.45) is 0 Å². The second kappa shape index (κ2) is 5.78. The van der Waals surface area contributed by atoms with Gasteiger partial charge in [-0.1, -0.05) is 30.7 Å². The molecule has 2 aromatic rings. The number of aryl methyl sites for hydroxylation is 1.